The van der Waals surface area contributed by atoms with Gasteiger partial charge in [-0.1, -0.05) is 24.9 Å². The first kappa shape index (κ1) is 24.7. The molecule has 0 radical (unpaired) electrons. The van der Waals surface area contributed by atoms with E-state index in [1.165, 1.54) is 6.08 Å². The van der Waals surface area contributed by atoms with Crippen molar-refractivity contribution >= 4 is 45.0 Å². The fourth-order valence-electron chi connectivity index (χ4n) is 2.66. The summed E-state index contributed by atoms with van der Waals surface area (Å²) >= 11 is 6.29. The highest BCUT2D eigenvalue weighted by molar-refractivity contribution is 7.92. The Morgan fingerprint density at radius 1 is 1.29 bits per heavy atom. The third-order valence-electron chi connectivity index (χ3n) is 4.13. The van der Waals surface area contributed by atoms with Gasteiger partial charge in [0.15, 0.2) is 0 Å². The maximum Gasteiger partial charge on any atom is 0.416 e. The van der Waals surface area contributed by atoms with Gasteiger partial charge in [-0.15, -0.1) is 0 Å². The topological polar surface area (TPSA) is 93.1 Å². The normalized spacial score (nSPS) is 12.4. The molecule has 1 aromatic heterocycles. The van der Waals surface area contributed by atoms with Crippen molar-refractivity contribution in [3.8, 4) is 0 Å². The van der Waals surface area contributed by atoms with Gasteiger partial charge in [-0.3, -0.25) is 14.2 Å². The van der Waals surface area contributed by atoms with Crippen LogP contribution >= 0.6 is 11.6 Å². The number of carbonyl (C=O) groups is 1. The average Bonchev–Trinajstić information content (AvgIpc) is 2.90. The van der Waals surface area contributed by atoms with Gasteiger partial charge in [0, 0.05) is 18.2 Å². The van der Waals surface area contributed by atoms with Gasteiger partial charge in [0.1, 0.15) is 5.15 Å². The molecule has 1 aromatic carbocycles. The molecule has 0 fully saturated rings. The van der Waals surface area contributed by atoms with E-state index in [-0.39, 0.29) is 11.4 Å². The van der Waals surface area contributed by atoms with E-state index in [4.69, 9.17) is 11.6 Å². The van der Waals surface area contributed by atoms with Crippen molar-refractivity contribution < 1.29 is 26.4 Å². The number of halogens is 4. The highest BCUT2D eigenvalue weighted by atomic mass is 35.5. The molecule has 0 aliphatic carbocycles. The quantitative estimate of drug-likeness (QED) is 0.538. The molecular weight excluding hydrogens is 457 g/mol. The number of carbonyl (C=O) groups excluding carboxylic acids is 1. The van der Waals surface area contributed by atoms with Crippen LogP contribution in [0.25, 0.3) is 6.08 Å². The summed E-state index contributed by atoms with van der Waals surface area (Å²) in [7, 11) is -3.78. The number of unbranched alkanes of at least 4 members (excludes halogenated alkanes) is 1. The van der Waals surface area contributed by atoms with E-state index < -0.39 is 27.7 Å². The summed E-state index contributed by atoms with van der Waals surface area (Å²) in [5.41, 5.74) is -0.479. The molecule has 0 saturated carbocycles. The lowest BCUT2D eigenvalue weighted by molar-refractivity contribution is -0.137. The monoisotopic (exact) mass is 478 g/mol. The number of alkyl halides is 3. The van der Waals surface area contributed by atoms with Crippen LogP contribution in [0.2, 0.25) is 5.15 Å². The van der Waals surface area contributed by atoms with E-state index in [0.717, 1.165) is 31.2 Å². The standard InChI is InChI=1S/C19H22ClF3N4O3S/c1-4-5-10-27-18(20)14(12(2)25-27)7-9-17(28)24-16-11-13(19(21,22)23)6-8-15(16)26-31(3,29)30/h6-9,11,26H,4-5,10H2,1-3H3,(H,24,28)/b9-7+. The Morgan fingerprint density at radius 3 is 2.55 bits per heavy atom. The third kappa shape index (κ3) is 7.00. The smallest absolute Gasteiger partial charge is 0.321 e. The summed E-state index contributed by atoms with van der Waals surface area (Å²) in [5, 5.41) is 6.92. The molecule has 0 unspecified atom stereocenters. The Balaban J connectivity index is 2.29. The number of hydrogen-bond acceptors (Lipinski definition) is 4. The zero-order valence-electron chi connectivity index (χ0n) is 17.0. The second kappa shape index (κ2) is 9.73. The van der Waals surface area contributed by atoms with Crippen molar-refractivity contribution in [2.75, 3.05) is 16.3 Å². The summed E-state index contributed by atoms with van der Waals surface area (Å²) < 4.78 is 65.8. The van der Waals surface area contributed by atoms with E-state index >= 15 is 0 Å². The van der Waals surface area contributed by atoms with Crippen LogP contribution in [0.4, 0.5) is 24.5 Å². The predicted molar refractivity (Wildman–Crippen MR) is 114 cm³/mol. The number of rotatable bonds is 8. The van der Waals surface area contributed by atoms with Crippen LogP contribution < -0.4 is 10.0 Å². The van der Waals surface area contributed by atoms with Gasteiger partial charge in [-0.05, 0) is 37.6 Å². The lowest BCUT2D eigenvalue weighted by Gasteiger charge is -2.14. The van der Waals surface area contributed by atoms with E-state index in [2.05, 4.69) is 15.1 Å². The van der Waals surface area contributed by atoms with Gasteiger partial charge in [0.05, 0.1) is 28.9 Å². The molecule has 0 aliphatic heterocycles. The Kier molecular flexibility index (Phi) is 7.77. The van der Waals surface area contributed by atoms with Crippen molar-refractivity contribution in [1.29, 1.82) is 0 Å². The number of anilines is 2. The second-order valence-electron chi connectivity index (χ2n) is 6.82. The van der Waals surface area contributed by atoms with E-state index in [9.17, 15) is 26.4 Å². The van der Waals surface area contributed by atoms with Gasteiger partial charge in [-0.25, -0.2) is 8.42 Å². The van der Waals surface area contributed by atoms with Crippen molar-refractivity contribution in [1.82, 2.24) is 9.78 Å². The molecule has 7 nitrogen and oxygen atoms in total. The zero-order valence-corrected chi connectivity index (χ0v) is 18.6. The number of aromatic nitrogens is 2. The molecule has 31 heavy (non-hydrogen) atoms. The maximum absolute atomic E-state index is 13.0. The molecule has 0 saturated heterocycles. The molecule has 0 aliphatic rings. The molecular formula is C19H22ClF3N4O3S. The fourth-order valence-corrected chi connectivity index (χ4v) is 3.56. The van der Waals surface area contributed by atoms with Crippen LogP contribution in [-0.2, 0) is 27.5 Å². The molecule has 170 valence electrons. The number of amides is 1. The SMILES string of the molecule is CCCCn1nc(C)c(/C=C/C(=O)Nc2cc(C(F)(F)F)ccc2NS(C)(=O)=O)c1Cl. The van der Waals surface area contributed by atoms with Crippen LogP contribution in [0.3, 0.4) is 0 Å². The molecule has 2 rings (SSSR count). The van der Waals surface area contributed by atoms with Crippen molar-refractivity contribution in [3.05, 3.63) is 46.2 Å². The summed E-state index contributed by atoms with van der Waals surface area (Å²) in [6.07, 6.45) is 0.484. The first-order chi connectivity index (χ1) is 14.3. The molecule has 0 spiro atoms. The molecule has 0 bridgehead atoms. The highest BCUT2D eigenvalue weighted by Crippen LogP contribution is 2.34. The average molecular weight is 479 g/mol. The van der Waals surface area contributed by atoms with Crippen molar-refractivity contribution in [2.45, 2.75) is 39.4 Å². The maximum atomic E-state index is 13.0. The number of aryl methyl sites for hydroxylation is 2. The van der Waals surface area contributed by atoms with E-state index in [0.29, 0.717) is 35.1 Å². The van der Waals surface area contributed by atoms with Crippen molar-refractivity contribution in [2.24, 2.45) is 0 Å². The van der Waals surface area contributed by atoms with Gasteiger partial charge < -0.3 is 5.32 Å². The number of hydrogen-bond donors (Lipinski definition) is 2. The number of nitrogens with one attached hydrogen (secondary N) is 2. The van der Waals surface area contributed by atoms with Gasteiger partial charge in [-0.2, -0.15) is 18.3 Å². The minimum absolute atomic E-state index is 0.196. The van der Waals surface area contributed by atoms with Gasteiger partial charge >= 0.3 is 6.18 Å². The van der Waals surface area contributed by atoms with Crippen molar-refractivity contribution in [3.63, 3.8) is 0 Å². The first-order valence-electron chi connectivity index (χ1n) is 9.23. The lowest BCUT2D eigenvalue weighted by atomic mass is 10.1. The summed E-state index contributed by atoms with van der Waals surface area (Å²) in [4.78, 5) is 12.3. The predicted octanol–water partition coefficient (Wildman–Crippen LogP) is 4.69. The molecule has 2 aromatic rings. The minimum Gasteiger partial charge on any atom is -0.321 e. The molecule has 2 N–H and O–H groups in total. The molecule has 1 amide bonds. The molecule has 12 heteroatoms. The van der Waals surface area contributed by atoms with E-state index in [1.807, 2.05) is 6.92 Å². The number of sulfonamides is 1. The Hall–Kier alpha value is -2.53. The van der Waals surface area contributed by atoms with Crippen LogP contribution in [0.1, 0.15) is 36.6 Å². The highest BCUT2D eigenvalue weighted by Gasteiger charge is 2.31. The molecule has 0 atom stereocenters. The Morgan fingerprint density at radius 2 is 1.97 bits per heavy atom. The summed E-state index contributed by atoms with van der Waals surface area (Å²) in [6, 6.07) is 2.30. The molecule has 1 heterocycles. The van der Waals surface area contributed by atoms with Crippen LogP contribution in [0, 0.1) is 6.92 Å². The van der Waals surface area contributed by atoms with Gasteiger partial charge in [0.2, 0.25) is 15.9 Å². The Labute approximate surface area is 183 Å². The van der Waals surface area contributed by atoms with E-state index in [1.54, 1.807) is 11.6 Å². The second-order valence-corrected chi connectivity index (χ2v) is 8.93. The lowest BCUT2D eigenvalue weighted by Crippen LogP contribution is -2.16. The van der Waals surface area contributed by atoms with Crippen LogP contribution in [0.5, 0.6) is 0 Å². The third-order valence-corrected chi connectivity index (χ3v) is 5.12. The number of nitrogens with zero attached hydrogens (tertiary/aromatic N) is 2. The van der Waals surface area contributed by atoms with Crippen LogP contribution in [0.15, 0.2) is 24.3 Å². The zero-order chi connectivity index (χ0) is 23.4. The first-order valence-corrected chi connectivity index (χ1v) is 11.5. The fraction of sp³-hybridized carbons (Fsp3) is 0.368. The van der Waals surface area contributed by atoms with Crippen LogP contribution in [-0.4, -0.2) is 30.4 Å². The largest absolute Gasteiger partial charge is 0.416 e. The Bertz CT molecular complexity index is 1100. The summed E-state index contributed by atoms with van der Waals surface area (Å²) in [6.45, 7) is 4.35. The summed E-state index contributed by atoms with van der Waals surface area (Å²) in [5.74, 6) is -0.771. The minimum atomic E-state index is -4.67. The van der Waals surface area contributed by atoms with Gasteiger partial charge in [0.25, 0.3) is 0 Å². The number of benzene rings is 1.